The third-order valence-corrected chi connectivity index (χ3v) is 4.34. The molecule has 3 rings (SSSR count). The minimum Gasteiger partial charge on any atom is -0.378 e. The molecular weight excluding hydrogens is 312 g/mol. The van der Waals surface area contributed by atoms with Gasteiger partial charge in [-0.15, -0.1) is 5.10 Å². The first-order chi connectivity index (χ1) is 12.2. The average Bonchev–Trinajstić information content (AvgIpc) is 2.63. The molecule has 6 heteroatoms. The summed E-state index contributed by atoms with van der Waals surface area (Å²) in [5.41, 5.74) is 3.65. The predicted molar refractivity (Wildman–Crippen MR) is 104 cm³/mol. The van der Waals surface area contributed by atoms with Crippen LogP contribution in [0.4, 0.5) is 23.1 Å². The maximum absolute atomic E-state index is 4.48. The number of aromatic nitrogens is 3. The first-order valence-corrected chi connectivity index (χ1v) is 8.86. The Bertz CT molecular complexity index is 708. The van der Waals surface area contributed by atoms with Crippen LogP contribution in [0.5, 0.6) is 0 Å². The van der Waals surface area contributed by atoms with Crippen molar-refractivity contribution in [3.63, 3.8) is 0 Å². The fourth-order valence-corrected chi connectivity index (χ4v) is 2.90. The molecule has 0 saturated carbocycles. The molecule has 0 fully saturated rings. The van der Waals surface area contributed by atoms with Crippen LogP contribution in [0.2, 0.25) is 0 Å². The Kier molecular flexibility index (Phi) is 5.82. The summed E-state index contributed by atoms with van der Waals surface area (Å²) < 4.78 is 0. The van der Waals surface area contributed by atoms with Crippen LogP contribution < -0.4 is 15.5 Å². The number of rotatable bonds is 7. The van der Waals surface area contributed by atoms with Crippen molar-refractivity contribution in [3.8, 4) is 0 Å². The quantitative estimate of drug-likeness (QED) is 0.744. The highest BCUT2D eigenvalue weighted by Gasteiger charge is 2.05. The Balaban J connectivity index is 1.54. The molecule has 25 heavy (non-hydrogen) atoms. The molecule has 0 bridgehead atoms. The number of anilines is 4. The number of nitrogens with zero attached hydrogens (tertiary/aromatic N) is 4. The summed E-state index contributed by atoms with van der Waals surface area (Å²) >= 11 is 0. The van der Waals surface area contributed by atoms with E-state index in [9.17, 15) is 0 Å². The Hall–Kier alpha value is -2.63. The second-order valence-electron chi connectivity index (χ2n) is 6.52. The lowest BCUT2D eigenvalue weighted by Crippen LogP contribution is -2.09. The molecule has 1 heterocycles. The SMILES string of the molecule is CN(C)c1ccc(Nc2nncc(NCCC3=CCCCC3)n2)cc1. The highest BCUT2D eigenvalue weighted by molar-refractivity contribution is 5.59. The number of allylic oxidation sites excluding steroid dienone is 1. The van der Waals surface area contributed by atoms with Gasteiger partial charge in [0.25, 0.3) is 0 Å². The molecule has 0 unspecified atom stereocenters. The van der Waals surface area contributed by atoms with Crippen LogP contribution in [-0.2, 0) is 0 Å². The summed E-state index contributed by atoms with van der Waals surface area (Å²) in [5.74, 6) is 1.25. The molecule has 6 nitrogen and oxygen atoms in total. The first-order valence-electron chi connectivity index (χ1n) is 8.86. The second kappa shape index (κ2) is 8.46. The first kappa shape index (κ1) is 17.2. The maximum Gasteiger partial charge on any atom is 0.249 e. The topological polar surface area (TPSA) is 66.0 Å². The third kappa shape index (κ3) is 5.17. The molecule has 1 aromatic heterocycles. The van der Waals surface area contributed by atoms with Gasteiger partial charge in [-0.25, -0.2) is 0 Å². The zero-order valence-corrected chi connectivity index (χ0v) is 15.0. The van der Waals surface area contributed by atoms with Gasteiger partial charge in [0.15, 0.2) is 5.82 Å². The lowest BCUT2D eigenvalue weighted by molar-refractivity contribution is 0.679. The van der Waals surface area contributed by atoms with Gasteiger partial charge >= 0.3 is 0 Å². The predicted octanol–water partition coefficient (Wildman–Crippen LogP) is 3.98. The number of benzene rings is 1. The zero-order chi connectivity index (χ0) is 17.5. The molecule has 2 N–H and O–H groups in total. The van der Waals surface area contributed by atoms with E-state index in [1.165, 1.54) is 25.7 Å². The number of hydrogen-bond donors (Lipinski definition) is 2. The van der Waals surface area contributed by atoms with Gasteiger partial charge < -0.3 is 15.5 Å². The van der Waals surface area contributed by atoms with Gasteiger partial charge in [-0.1, -0.05) is 11.6 Å². The Morgan fingerprint density at radius 1 is 1.12 bits per heavy atom. The fraction of sp³-hybridized carbons (Fsp3) is 0.421. The van der Waals surface area contributed by atoms with Gasteiger partial charge in [0, 0.05) is 32.0 Å². The summed E-state index contributed by atoms with van der Waals surface area (Å²) in [5, 5.41) is 14.6. The highest BCUT2D eigenvalue weighted by Crippen LogP contribution is 2.20. The van der Waals surface area contributed by atoms with E-state index in [1.807, 2.05) is 26.2 Å². The number of nitrogens with one attached hydrogen (secondary N) is 2. The molecule has 1 aliphatic carbocycles. The van der Waals surface area contributed by atoms with Crippen LogP contribution in [0.25, 0.3) is 0 Å². The van der Waals surface area contributed by atoms with Gasteiger partial charge in [-0.3, -0.25) is 0 Å². The van der Waals surface area contributed by atoms with Crippen LogP contribution in [0.15, 0.2) is 42.1 Å². The van der Waals surface area contributed by atoms with E-state index in [2.05, 4.69) is 48.9 Å². The summed E-state index contributed by atoms with van der Waals surface area (Å²) in [6, 6.07) is 8.12. The summed E-state index contributed by atoms with van der Waals surface area (Å²) in [4.78, 5) is 6.55. The standard InChI is InChI=1S/C19H26N6/c1-25(2)17-10-8-16(9-11-17)22-19-23-18(14-21-24-19)20-13-12-15-6-4-3-5-7-15/h6,8-11,14H,3-5,7,12-13H2,1-2H3,(H2,20,22,23,24). The van der Waals surface area contributed by atoms with Gasteiger partial charge in [0.1, 0.15) is 0 Å². The Morgan fingerprint density at radius 2 is 1.96 bits per heavy atom. The van der Waals surface area contributed by atoms with Crippen molar-refractivity contribution in [3.05, 3.63) is 42.1 Å². The third-order valence-electron chi connectivity index (χ3n) is 4.34. The molecule has 0 atom stereocenters. The van der Waals surface area contributed by atoms with Gasteiger partial charge in [-0.2, -0.15) is 10.1 Å². The van der Waals surface area contributed by atoms with E-state index in [1.54, 1.807) is 11.8 Å². The molecule has 0 spiro atoms. The van der Waals surface area contributed by atoms with Crippen LogP contribution in [0.3, 0.4) is 0 Å². The van der Waals surface area contributed by atoms with E-state index in [0.29, 0.717) is 5.95 Å². The normalized spacial score (nSPS) is 13.9. The molecule has 1 aromatic carbocycles. The molecular formula is C19H26N6. The molecule has 0 radical (unpaired) electrons. The molecule has 0 aliphatic heterocycles. The van der Waals surface area contributed by atoms with Crippen molar-refractivity contribution in [2.45, 2.75) is 32.1 Å². The van der Waals surface area contributed by atoms with E-state index in [0.717, 1.165) is 30.2 Å². The zero-order valence-electron chi connectivity index (χ0n) is 15.0. The Labute approximate surface area is 149 Å². The molecule has 0 amide bonds. The summed E-state index contributed by atoms with van der Waals surface area (Å²) in [6.07, 6.45) is 10.2. The summed E-state index contributed by atoms with van der Waals surface area (Å²) in [6.45, 7) is 0.876. The second-order valence-corrected chi connectivity index (χ2v) is 6.52. The monoisotopic (exact) mass is 338 g/mol. The van der Waals surface area contributed by atoms with Crippen molar-refractivity contribution in [2.75, 3.05) is 36.2 Å². The molecule has 2 aromatic rings. The largest absolute Gasteiger partial charge is 0.378 e. The lowest BCUT2D eigenvalue weighted by atomic mass is 9.97. The lowest BCUT2D eigenvalue weighted by Gasteiger charge is -2.14. The number of hydrogen-bond acceptors (Lipinski definition) is 6. The molecule has 1 aliphatic rings. The highest BCUT2D eigenvalue weighted by atomic mass is 15.3. The van der Waals surface area contributed by atoms with Crippen molar-refractivity contribution in [2.24, 2.45) is 0 Å². The van der Waals surface area contributed by atoms with E-state index >= 15 is 0 Å². The van der Waals surface area contributed by atoms with E-state index in [-0.39, 0.29) is 0 Å². The average molecular weight is 338 g/mol. The van der Waals surface area contributed by atoms with Crippen LogP contribution in [-0.4, -0.2) is 35.8 Å². The van der Waals surface area contributed by atoms with Crippen molar-refractivity contribution in [1.29, 1.82) is 0 Å². The summed E-state index contributed by atoms with van der Waals surface area (Å²) in [7, 11) is 4.04. The van der Waals surface area contributed by atoms with Crippen LogP contribution in [0.1, 0.15) is 32.1 Å². The van der Waals surface area contributed by atoms with Crippen molar-refractivity contribution < 1.29 is 0 Å². The minimum absolute atomic E-state index is 0.500. The van der Waals surface area contributed by atoms with Crippen molar-refractivity contribution >= 4 is 23.1 Å². The van der Waals surface area contributed by atoms with Crippen LogP contribution >= 0.6 is 0 Å². The van der Waals surface area contributed by atoms with Crippen molar-refractivity contribution in [1.82, 2.24) is 15.2 Å². The van der Waals surface area contributed by atoms with E-state index in [4.69, 9.17) is 0 Å². The van der Waals surface area contributed by atoms with E-state index < -0.39 is 0 Å². The van der Waals surface area contributed by atoms with Gasteiger partial charge in [0.05, 0.1) is 6.20 Å². The van der Waals surface area contributed by atoms with Crippen LogP contribution in [0, 0.1) is 0 Å². The Morgan fingerprint density at radius 3 is 2.68 bits per heavy atom. The molecule has 132 valence electrons. The van der Waals surface area contributed by atoms with Gasteiger partial charge in [0.2, 0.25) is 5.95 Å². The smallest absolute Gasteiger partial charge is 0.249 e. The molecule has 0 saturated heterocycles. The fourth-order valence-electron chi connectivity index (χ4n) is 2.90. The van der Waals surface area contributed by atoms with Gasteiger partial charge in [-0.05, 0) is 56.4 Å². The maximum atomic E-state index is 4.48. The minimum atomic E-state index is 0.500.